The minimum Gasteiger partial charge on any atom is -0.463 e. The predicted molar refractivity (Wildman–Crippen MR) is 48.5 cm³/mol. The average Bonchev–Trinajstić information content (AvgIpc) is 2.72. The third-order valence-electron chi connectivity index (χ3n) is 2.90. The summed E-state index contributed by atoms with van der Waals surface area (Å²) in [4.78, 5) is 10.8. The van der Waals surface area contributed by atoms with Crippen LogP contribution in [0.25, 0.3) is 0 Å². The number of ether oxygens (including phenoxy) is 3. The summed E-state index contributed by atoms with van der Waals surface area (Å²) >= 11 is 0. The highest BCUT2D eigenvalue weighted by molar-refractivity contribution is 5.71. The molecule has 0 aromatic carbocycles. The van der Waals surface area contributed by atoms with Crippen molar-refractivity contribution in [2.24, 2.45) is 11.8 Å². The summed E-state index contributed by atoms with van der Waals surface area (Å²) in [6, 6.07) is 0. The third kappa shape index (κ3) is 2.07. The van der Waals surface area contributed by atoms with Crippen LogP contribution in [0.15, 0.2) is 0 Å². The molecule has 2 rings (SSSR count). The fourth-order valence-electron chi connectivity index (χ4n) is 1.83. The second-order valence-electron chi connectivity index (χ2n) is 4.13. The molecule has 0 aromatic heterocycles. The molecule has 4 nitrogen and oxygen atoms in total. The Labute approximate surface area is 83.5 Å². The number of cyclic esters (lactones) is 1. The van der Waals surface area contributed by atoms with Gasteiger partial charge in [0.15, 0.2) is 6.29 Å². The second-order valence-corrected chi connectivity index (χ2v) is 4.13. The van der Waals surface area contributed by atoms with Crippen molar-refractivity contribution in [2.75, 3.05) is 13.7 Å². The van der Waals surface area contributed by atoms with Crippen LogP contribution in [0.3, 0.4) is 0 Å². The predicted octanol–water partition coefficient (Wildman–Crippen LogP) is 0.947. The highest BCUT2D eigenvalue weighted by Crippen LogP contribution is 2.42. The molecule has 0 spiro atoms. The number of carbonyl (C=O) groups is 1. The molecule has 2 fully saturated rings. The van der Waals surface area contributed by atoms with E-state index < -0.39 is 0 Å². The quantitative estimate of drug-likeness (QED) is 0.500. The monoisotopic (exact) mass is 200 g/mol. The lowest BCUT2D eigenvalue weighted by Gasteiger charge is -2.19. The first-order valence-electron chi connectivity index (χ1n) is 5.04. The number of rotatable bonds is 4. The van der Waals surface area contributed by atoms with Crippen molar-refractivity contribution in [1.29, 1.82) is 0 Å². The zero-order valence-corrected chi connectivity index (χ0v) is 8.56. The van der Waals surface area contributed by atoms with Crippen LogP contribution < -0.4 is 0 Å². The Hall–Kier alpha value is -0.610. The van der Waals surface area contributed by atoms with Gasteiger partial charge in [0.25, 0.3) is 0 Å². The molecule has 1 heterocycles. The van der Waals surface area contributed by atoms with Gasteiger partial charge in [-0.05, 0) is 12.3 Å². The lowest BCUT2D eigenvalue weighted by atomic mass is 10.3. The number of hydrogen-bond acceptors (Lipinski definition) is 4. The van der Waals surface area contributed by atoms with Crippen LogP contribution in [0.4, 0.5) is 0 Å². The molecular formula is C10H16O4. The Bertz CT molecular complexity index is 228. The molecule has 4 heteroatoms. The Balaban J connectivity index is 1.80. The summed E-state index contributed by atoms with van der Waals surface area (Å²) < 4.78 is 15.7. The second kappa shape index (κ2) is 3.87. The number of esters is 1. The normalized spacial score (nSPS) is 38.1. The van der Waals surface area contributed by atoms with Crippen molar-refractivity contribution in [2.45, 2.75) is 32.2 Å². The van der Waals surface area contributed by atoms with Crippen LogP contribution in [0.2, 0.25) is 0 Å². The maximum atomic E-state index is 10.8. The number of hydrogen-bond donors (Lipinski definition) is 0. The zero-order chi connectivity index (χ0) is 10.1. The van der Waals surface area contributed by atoms with Gasteiger partial charge in [0.1, 0.15) is 12.7 Å². The zero-order valence-electron chi connectivity index (χ0n) is 8.56. The van der Waals surface area contributed by atoms with Gasteiger partial charge >= 0.3 is 5.97 Å². The van der Waals surface area contributed by atoms with Gasteiger partial charge in [0.05, 0.1) is 6.42 Å². The summed E-state index contributed by atoms with van der Waals surface area (Å²) in [6.45, 7) is 2.55. The molecule has 0 radical (unpaired) electrons. The van der Waals surface area contributed by atoms with Gasteiger partial charge in [-0.3, -0.25) is 4.79 Å². The van der Waals surface area contributed by atoms with E-state index in [-0.39, 0.29) is 18.4 Å². The fourth-order valence-corrected chi connectivity index (χ4v) is 1.83. The maximum Gasteiger partial charge on any atom is 0.308 e. The average molecular weight is 200 g/mol. The summed E-state index contributed by atoms with van der Waals surface area (Å²) in [6.07, 6.45) is 1.24. The Morgan fingerprint density at radius 3 is 2.71 bits per heavy atom. The van der Waals surface area contributed by atoms with Crippen molar-refractivity contribution in [3.05, 3.63) is 0 Å². The van der Waals surface area contributed by atoms with Gasteiger partial charge in [-0.25, -0.2) is 0 Å². The van der Waals surface area contributed by atoms with Crippen molar-refractivity contribution >= 4 is 5.97 Å². The van der Waals surface area contributed by atoms with Gasteiger partial charge in [0, 0.05) is 13.0 Å². The Morgan fingerprint density at radius 1 is 1.57 bits per heavy atom. The topological polar surface area (TPSA) is 44.8 Å². The number of carbonyl (C=O) groups excluding carboxylic acids is 1. The van der Waals surface area contributed by atoms with E-state index in [4.69, 9.17) is 14.2 Å². The first kappa shape index (κ1) is 9.93. The molecule has 80 valence electrons. The Morgan fingerprint density at radius 2 is 2.29 bits per heavy atom. The standard InChI is InChI=1S/C10H16O4/c1-6-3-8(6)10(12-2)14-7-4-9(11)13-5-7/h6-8,10H,3-5H2,1-2H3. The molecule has 1 aliphatic carbocycles. The van der Waals surface area contributed by atoms with E-state index in [0.29, 0.717) is 24.9 Å². The molecule has 0 amide bonds. The van der Waals surface area contributed by atoms with Crippen molar-refractivity contribution in [3.63, 3.8) is 0 Å². The van der Waals surface area contributed by atoms with Crippen LogP contribution in [0.5, 0.6) is 0 Å². The Kier molecular flexibility index (Phi) is 2.74. The number of methoxy groups -OCH3 is 1. The largest absolute Gasteiger partial charge is 0.463 e. The van der Waals surface area contributed by atoms with Crippen LogP contribution in [-0.4, -0.2) is 32.1 Å². The van der Waals surface area contributed by atoms with E-state index in [1.807, 2.05) is 0 Å². The smallest absolute Gasteiger partial charge is 0.308 e. The lowest BCUT2D eigenvalue weighted by molar-refractivity contribution is -0.167. The van der Waals surface area contributed by atoms with E-state index >= 15 is 0 Å². The molecule has 2 aliphatic rings. The van der Waals surface area contributed by atoms with E-state index in [9.17, 15) is 4.79 Å². The highest BCUT2D eigenvalue weighted by Gasteiger charge is 2.42. The van der Waals surface area contributed by atoms with E-state index in [1.165, 1.54) is 0 Å². The van der Waals surface area contributed by atoms with Gasteiger partial charge in [-0.15, -0.1) is 0 Å². The van der Waals surface area contributed by atoms with E-state index in [0.717, 1.165) is 6.42 Å². The van der Waals surface area contributed by atoms with Gasteiger partial charge < -0.3 is 14.2 Å². The van der Waals surface area contributed by atoms with Crippen molar-refractivity contribution in [3.8, 4) is 0 Å². The molecule has 4 atom stereocenters. The first-order chi connectivity index (χ1) is 6.70. The van der Waals surface area contributed by atoms with Crippen molar-refractivity contribution < 1.29 is 19.0 Å². The molecule has 1 saturated carbocycles. The third-order valence-corrected chi connectivity index (χ3v) is 2.90. The van der Waals surface area contributed by atoms with Crippen LogP contribution in [-0.2, 0) is 19.0 Å². The van der Waals surface area contributed by atoms with Crippen LogP contribution >= 0.6 is 0 Å². The maximum absolute atomic E-state index is 10.8. The molecule has 1 saturated heterocycles. The first-order valence-corrected chi connectivity index (χ1v) is 5.04. The summed E-state index contributed by atoms with van der Waals surface area (Å²) in [5.74, 6) is 1.00. The summed E-state index contributed by atoms with van der Waals surface area (Å²) in [5, 5.41) is 0. The molecule has 0 N–H and O–H groups in total. The highest BCUT2D eigenvalue weighted by atomic mass is 16.7. The van der Waals surface area contributed by atoms with Gasteiger partial charge in [0.2, 0.25) is 0 Å². The van der Waals surface area contributed by atoms with Gasteiger partial charge in [-0.1, -0.05) is 6.92 Å². The minimum atomic E-state index is -0.173. The van der Waals surface area contributed by atoms with E-state index in [2.05, 4.69) is 6.92 Å². The molecular weight excluding hydrogens is 184 g/mol. The molecule has 1 aliphatic heterocycles. The van der Waals surface area contributed by atoms with Crippen LogP contribution in [0, 0.1) is 11.8 Å². The SMILES string of the molecule is COC(OC1COC(=O)C1)C1CC1C. The molecule has 4 unspecified atom stereocenters. The fraction of sp³-hybridized carbons (Fsp3) is 0.900. The van der Waals surface area contributed by atoms with Crippen molar-refractivity contribution in [1.82, 2.24) is 0 Å². The van der Waals surface area contributed by atoms with E-state index in [1.54, 1.807) is 7.11 Å². The van der Waals surface area contributed by atoms with Gasteiger partial charge in [-0.2, -0.15) is 0 Å². The molecule has 14 heavy (non-hydrogen) atoms. The minimum absolute atomic E-state index is 0.111. The molecule has 0 aromatic rings. The lowest BCUT2D eigenvalue weighted by Crippen LogP contribution is -2.26. The van der Waals surface area contributed by atoms with Crippen LogP contribution in [0.1, 0.15) is 19.8 Å². The summed E-state index contributed by atoms with van der Waals surface area (Å²) in [7, 11) is 1.65. The summed E-state index contributed by atoms with van der Waals surface area (Å²) in [5.41, 5.74) is 0. The molecule has 0 bridgehead atoms.